The van der Waals surface area contributed by atoms with Gasteiger partial charge in [0.15, 0.2) is 0 Å². The third-order valence-corrected chi connectivity index (χ3v) is 3.99. The van der Waals surface area contributed by atoms with Crippen molar-refractivity contribution in [1.29, 1.82) is 0 Å². The molecule has 2 fully saturated rings. The van der Waals surface area contributed by atoms with Gasteiger partial charge in [-0.3, -0.25) is 14.5 Å². The molecule has 2 rings (SSSR count). The Morgan fingerprint density at radius 3 is 2.25 bits per heavy atom. The number of carbonyl (C=O) groups is 2. The molecule has 0 aromatic carbocycles. The Hall–Kier alpha value is -0.900. The Kier molecular flexibility index (Phi) is 3.28. The quantitative estimate of drug-likeness (QED) is 0.717. The van der Waals surface area contributed by atoms with Crippen LogP contribution in [0.4, 0.5) is 0 Å². The van der Waals surface area contributed by atoms with E-state index in [1.807, 2.05) is 0 Å². The maximum Gasteiger partial charge on any atom is 0.233 e. The summed E-state index contributed by atoms with van der Waals surface area (Å²) in [5.41, 5.74) is 5.41. The molecule has 0 aromatic heterocycles. The van der Waals surface area contributed by atoms with Crippen molar-refractivity contribution in [2.24, 2.45) is 23.5 Å². The van der Waals surface area contributed by atoms with Crippen LogP contribution in [0.25, 0.3) is 0 Å². The fraction of sp³-hybridized carbons (Fsp3) is 0.833. The van der Waals surface area contributed by atoms with Gasteiger partial charge in [0.2, 0.25) is 11.8 Å². The maximum atomic E-state index is 12.0. The molecule has 4 heteroatoms. The normalized spacial score (nSPS) is 33.6. The Labute approximate surface area is 96.2 Å². The van der Waals surface area contributed by atoms with Crippen LogP contribution in [0.15, 0.2) is 0 Å². The average Bonchev–Trinajstić information content (AvgIpc) is 2.80. The van der Waals surface area contributed by atoms with E-state index in [1.165, 1.54) is 4.90 Å². The highest BCUT2D eigenvalue weighted by Crippen LogP contribution is 2.44. The summed E-state index contributed by atoms with van der Waals surface area (Å²) >= 11 is 0. The lowest BCUT2D eigenvalue weighted by molar-refractivity contribution is -0.140. The summed E-state index contributed by atoms with van der Waals surface area (Å²) in [7, 11) is 0. The summed E-state index contributed by atoms with van der Waals surface area (Å²) in [5, 5.41) is 0. The Balaban J connectivity index is 2.04. The highest BCUT2D eigenvalue weighted by Gasteiger charge is 2.51. The van der Waals surface area contributed by atoms with Crippen molar-refractivity contribution >= 4 is 11.8 Å². The summed E-state index contributed by atoms with van der Waals surface area (Å²) in [6.07, 6.45) is 3.61. The first-order valence-corrected chi connectivity index (χ1v) is 6.24. The van der Waals surface area contributed by atoms with E-state index < -0.39 is 0 Å². The number of hydrogen-bond acceptors (Lipinski definition) is 3. The fourth-order valence-electron chi connectivity index (χ4n) is 3.00. The second-order valence-corrected chi connectivity index (χ2v) is 4.93. The number of carbonyl (C=O) groups excluding carboxylic acids is 2. The highest BCUT2D eigenvalue weighted by atomic mass is 16.2. The number of hydrogen-bond donors (Lipinski definition) is 1. The van der Waals surface area contributed by atoms with E-state index in [0.717, 1.165) is 19.3 Å². The SMILES string of the molecule is CCC1CC2C(=O)N(CCCN)C(=O)C2C1. The number of likely N-dealkylation sites (tertiary alicyclic amines) is 1. The molecular formula is C12H20N2O2. The molecule has 2 N–H and O–H groups in total. The van der Waals surface area contributed by atoms with Crippen LogP contribution in [0.3, 0.4) is 0 Å². The zero-order chi connectivity index (χ0) is 11.7. The molecule has 90 valence electrons. The van der Waals surface area contributed by atoms with Gasteiger partial charge in [0, 0.05) is 6.54 Å². The molecule has 1 saturated heterocycles. The second-order valence-electron chi connectivity index (χ2n) is 4.93. The largest absolute Gasteiger partial charge is 0.330 e. The topological polar surface area (TPSA) is 63.4 Å². The highest BCUT2D eigenvalue weighted by molar-refractivity contribution is 6.05. The van der Waals surface area contributed by atoms with E-state index in [1.54, 1.807) is 0 Å². The lowest BCUT2D eigenvalue weighted by Gasteiger charge is -2.16. The lowest BCUT2D eigenvalue weighted by atomic mass is 10.00. The van der Waals surface area contributed by atoms with Gasteiger partial charge < -0.3 is 5.73 Å². The second kappa shape index (κ2) is 4.53. The molecule has 0 spiro atoms. The number of nitrogens with zero attached hydrogens (tertiary/aromatic N) is 1. The number of fused-ring (bicyclic) bond motifs is 1. The van der Waals surface area contributed by atoms with Crippen LogP contribution in [0.5, 0.6) is 0 Å². The van der Waals surface area contributed by atoms with E-state index >= 15 is 0 Å². The maximum absolute atomic E-state index is 12.0. The van der Waals surface area contributed by atoms with Gasteiger partial charge in [-0.15, -0.1) is 0 Å². The molecule has 2 aliphatic rings. The predicted molar refractivity (Wildman–Crippen MR) is 60.4 cm³/mol. The third-order valence-electron chi connectivity index (χ3n) is 3.99. The van der Waals surface area contributed by atoms with Gasteiger partial charge in [-0.25, -0.2) is 0 Å². The van der Waals surface area contributed by atoms with Gasteiger partial charge in [-0.1, -0.05) is 13.3 Å². The molecule has 0 aromatic rings. The molecule has 1 aliphatic heterocycles. The molecule has 16 heavy (non-hydrogen) atoms. The Morgan fingerprint density at radius 2 is 1.81 bits per heavy atom. The lowest BCUT2D eigenvalue weighted by Crippen LogP contribution is -2.34. The minimum Gasteiger partial charge on any atom is -0.330 e. The van der Waals surface area contributed by atoms with Gasteiger partial charge in [0.25, 0.3) is 0 Å². The Morgan fingerprint density at radius 1 is 1.25 bits per heavy atom. The van der Waals surface area contributed by atoms with Crippen molar-refractivity contribution in [3.63, 3.8) is 0 Å². The molecular weight excluding hydrogens is 204 g/mol. The number of rotatable bonds is 4. The minimum atomic E-state index is -0.0183. The van der Waals surface area contributed by atoms with Crippen LogP contribution in [-0.4, -0.2) is 29.8 Å². The van der Waals surface area contributed by atoms with Crippen molar-refractivity contribution in [3.8, 4) is 0 Å². The zero-order valence-corrected chi connectivity index (χ0v) is 9.82. The number of amides is 2. The molecule has 2 unspecified atom stereocenters. The van der Waals surface area contributed by atoms with E-state index in [0.29, 0.717) is 25.4 Å². The summed E-state index contributed by atoms with van der Waals surface area (Å²) in [6, 6.07) is 0. The summed E-state index contributed by atoms with van der Waals surface area (Å²) in [6.45, 7) is 3.18. The fourth-order valence-corrected chi connectivity index (χ4v) is 3.00. The van der Waals surface area contributed by atoms with Gasteiger partial charge in [-0.2, -0.15) is 0 Å². The van der Waals surface area contributed by atoms with Crippen molar-refractivity contribution < 1.29 is 9.59 Å². The zero-order valence-electron chi connectivity index (χ0n) is 9.82. The van der Waals surface area contributed by atoms with Crippen LogP contribution in [0.2, 0.25) is 0 Å². The third kappa shape index (κ3) is 1.75. The summed E-state index contributed by atoms with van der Waals surface area (Å²) < 4.78 is 0. The van der Waals surface area contributed by atoms with Crippen LogP contribution >= 0.6 is 0 Å². The van der Waals surface area contributed by atoms with Crippen molar-refractivity contribution in [2.45, 2.75) is 32.6 Å². The minimum absolute atomic E-state index is 0.0183. The molecule has 2 atom stereocenters. The summed E-state index contributed by atoms with van der Waals surface area (Å²) in [4.78, 5) is 25.5. The van der Waals surface area contributed by atoms with E-state index in [2.05, 4.69) is 6.92 Å². The molecule has 1 heterocycles. The van der Waals surface area contributed by atoms with E-state index in [9.17, 15) is 9.59 Å². The van der Waals surface area contributed by atoms with Gasteiger partial charge in [-0.05, 0) is 31.7 Å². The molecule has 1 aliphatic carbocycles. The van der Waals surface area contributed by atoms with Crippen molar-refractivity contribution in [1.82, 2.24) is 4.90 Å². The van der Waals surface area contributed by atoms with Crippen molar-refractivity contribution in [3.05, 3.63) is 0 Å². The molecule has 2 amide bonds. The average molecular weight is 224 g/mol. The smallest absolute Gasteiger partial charge is 0.233 e. The standard InChI is InChI=1S/C12H20N2O2/c1-2-8-6-9-10(7-8)12(16)14(11(9)15)5-3-4-13/h8-10H,2-7,13H2,1H3. The number of imide groups is 1. The van der Waals surface area contributed by atoms with E-state index in [-0.39, 0.29) is 23.7 Å². The van der Waals surface area contributed by atoms with Gasteiger partial charge in [0.05, 0.1) is 11.8 Å². The van der Waals surface area contributed by atoms with Crippen LogP contribution < -0.4 is 5.73 Å². The monoisotopic (exact) mass is 224 g/mol. The first-order valence-electron chi connectivity index (χ1n) is 6.24. The summed E-state index contributed by atoms with van der Waals surface area (Å²) in [5.74, 6) is 0.642. The van der Waals surface area contributed by atoms with Crippen LogP contribution in [-0.2, 0) is 9.59 Å². The predicted octanol–water partition coefficient (Wildman–Crippen LogP) is 0.756. The molecule has 4 nitrogen and oxygen atoms in total. The van der Waals surface area contributed by atoms with E-state index in [4.69, 9.17) is 5.73 Å². The molecule has 0 bridgehead atoms. The van der Waals surface area contributed by atoms with Crippen molar-refractivity contribution in [2.75, 3.05) is 13.1 Å². The van der Waals surface area contributed by atoms with Crippen LogP contribution in [0, 0.1) is 17.8 Å². The number of nitrogens with two attached hydrogens (primary N) is 1. The molecule has 1 saturated carbocycles. The molecule has 0 radical (unpaired) electrons. The van der Waals surface area contributed by atoms with Crippen LogP contribution in [0.1, 0.15) is 32.6 Å². The first kappa shape index (κ1) is 11.6. The first-order chi connectivity index (χ1) is 7.69. The van der Waals surface area contributed by atoms with Gasteiger partial charge in [0.1, 0.15) is 0 Å². The Bertz CT molecular complexity index is 279. The van der Waals surface area contributed by atoms with Gasteiger partial charge >= 0.3 is 0 Å².